The fourth-order valence-corrected chi connectivity index (χ4v) is 9.65. The minimum atomic E-state index is -0.768. The maximum absolute atomic E-state index is 12.3. The van der Waals surface area contributed by atoms with Gasteiger partial charge in [-0.3, -0.25) is 9.59 Å². The maximum atomic E-state index is 12.3. The minimum Gasteiger partial charge on any atom is -0.481 e. The molecule has 0 aromatic carbocycles. The SMILES string of the molecule is CCC[C@@H](C)[C@H]1CC[C@H]2[C@@H]3CC[C@@H]4C(C(=O)O)[C@H](OC(C)=O)CC[C@]4(C)[C@H]3CC[C@]12C. The van der Waals surface area contributed by atoms with E-state index >= 15 is 0 Å². The van der Waals surface area contributed by atoms with Crippen LogP contribution in [-0.4, -0.2) is 23.1 Å². The summed E-state index contributed by atoms with van der Waals surface area (Å²) in [5.41, 5.74) is 0.539. The van der Waals surface area contributed by atoms with Gasteiger partial charge in [-0.25, -0.2) is 0 Å². The highest BCUT2D eigenvalue weighted by molar-refractivity contribution is 5.73. The number of carboxylic acids is 1. The van der Waals surface area contributed by atoms with E-state index in [-0.39, 0.29) is 17.3 Å². The Balaban J connectivity index is 1.58. The number of carbonyl (C=O) groups is 2. The number of esters is 1. The molecule has 4 nitrogen and oxygen atoms in total. The molecular weight excluding hydrogens is 388 g/mol. The van der Waals surface area contributed by atoms with Crippen molar-refractivity contribution >= 4 is 11.9 Å². The number of hydrogen-bond donors (Lipinski definition) is 1. The summed E-state index contributed by atoms with van der Waals surface area (Å²) in [4.78, 5) is 24.0. The number of carboxylic acid groups (broad SMARTS) is 1. The molecule has 0 heterocycles. The first-order valence-corrected chi connectivity index (χ1v) is 13.0. The molecule has 1 unspecified atom stereocenters. The number of fused-ring (bicyclic) bond motifs is 5. The molecular formula is C27H44O4. The number of aliphatic carboxylic acids is 1. The van der Waals surface area contributed by atoms with Gasteiger partial charge < -0.3 is 9.84 Å². The van der Waals surface area contributed by atoms with Gasteiger partial charge in [0.15, 0.2) is 0 Å². The molecule has 0 aromatic heterocycles. The van der Waals surface area contributed by atoms with Gasteiger partial charge in [0, 0.05) is 6.92 Å². The van der Waals surface area contributed by atoms with Gasteiger partial charge in [-0.1, -0.05) is 40.5 Å². The largest absolute Gasteiger partial charge is 0.481 e. The van der Waals surface area contributed by atoms with Crippen molar-refractivity contribution in [3.05, 3.63) is 0 Å². The summed E-state index contributed by atoms with van der Waals surface area (Å²) in [5.74, 6) is 2.33. The fraction of sp³-hybridized carbons (Fsp3) is 0.926. The lowest BCUT2D eigenvalue weighted by atomic mass is 9.43. The highest BCUT2D eigenvalue weighted by atomic mass is 16.5. The quantitative estimate of drug-likeness (QED) is 0.516. The fourth-order valence-electron chi connectivity index (χ4n) is 9.65. The number of hydrogen-bond acceptors (Lipinski definition) is 3. The normalized spacial score (nSPS) is 47.6. The molecule has 4 aliphatic carbocycles. The van der Waals surface area contributed by atoms with E-state index in [1.807, 2.05) is 0 Å². The average molecular weight is 433 g/mol. The molecule has 4 saturated carbocycles. The molecule has 176 valence electrons. The van der Waals surface area contributed by atoms with Gasteiger partial charge in [0.25, 0.3) is 0 Å². The van der Waals surface area contributed by atoms with E-state index in [0.29, 0.717) is 17.8 Å². The zero-order valence-electron chi connectivity index (χ0n) is 20.4. The van der Waals surface area contributed by atoms with Crippen LogP contribution in [0.4, 0.5) is 0 Å². The van der Waals surface area contributed by atoms with Crippen molar-refractivity contribution < 1.29 is 19.4 Å². The van der Waals surface area contributed by atoms with Crippen LogP contribution < -0.4 is 0 Å². The van der Waals surface area contributed by atoms with E-state index < -0.39 is 18.0 Å². The van der Waals surface area contributed by atoms with Crippen LogP contribution in [0.2, 0.25) is 0 Å². The van der Waals surface area contributed by atoms with Crippen molar-refractivity contribution in [1.29, 1.82) is 0 Å². The summed E-state index contributed by atoms with van der Waals surface area (Å²) in [6, 6.07) is 0. The molecule has 0 bridgehead atoms. The number of carbonyl (C=O) groups excluding carboxylic acids is 1. The van der Waals surface area contributed by atoms with Gasteiger partial charge in [-0.05, 0) is 97.7 Å². The summed E-state index contributed by atoms with van der Waals surface area (Å²) < 4.78 is 5.52. The highest BCUT2D eigenvalue weighted by Crippen LogP contribution is 2.69. The second kappa shape index (κ2) is 8.37. The zero-order valence-corrected chi connectivity index (χ0v) is 20.4. The van der Waals surface area contributed by atoms with Gasteiger partial charge in [-0.2, -0.15) is 0 Å². The van der Waals surface area contributed by atoms with Gasteiger partial charge >= 0.3 is 11.9 Å². The predicted molar refractivity (Wildman–Crippen MR) is 121 cm³/mol. The Morgan fingerprint density at radius 3 is 2.26 bits per heavy atom. The predicted octanol–water partition coefficient (Wildman–Crippen LogP) is 6.32. The van der Waals surface area contributed by atoms with Crippen LogP contribution >= 0.6 is 0 Å². The molecule has 31 heavy (non-hydrogen) atoms. The zero-order chi connectivity index (χ0) is 22.6. The minimum absolute atomic E-state index is 0.0665. The third kappa shape index (κ3) is 3.64. The van der Waals surface area contributed by atoms with Crippen molar-refractivity contribution in [2.24, 2.45) is 52.3 Å². The second-order valence-corrected chi connectivity index (χ2v) is 12.1. The molecule has 0 aliphatic heterocycles. The van der Waals surface area contributed by atoms with Crippen molar-refractivity contribution in [3.63, 3.8) is 0 Å². The average Bonchev–Trinajstić information content (AvgIpc) is 3.05. The summed E-state index contributed by atoms with van der Waals surface area (Å²) in [7, 11) is 0. The Morgan fingerprint density at radius 1 is 0.968 bits per heavy atom. The molecule has 4 heteroatoms. The summed E-state index contributed by atoms with van der Waals surface area (Å²) in [5, 5.41) is 10.1. The Morgan fingerprint density at radius 2 is 1.61 bits per heavy atom. The van der Waals surface area contributed by atoms with E-state index in [9.17, 15) is 14.7 Å². The third-order valence-corrected chi connectivity index (χ3v) is 10.9. The number of rotatable bonds is 5. The van der Waals surface area contributed by atoms with E-state index in [1.165, 1.54) is 45.4 Å². The Labute approximate surface area is 188 Å². The van der Waals surface area contributed by atoms with E-state index in [4.69, 9.17) is 4.74 Å². The molecule has 10 atom stereocenters. The standard InChI is InChI=1S/C27H44O4/c1-6-7-16(2)19-10-11-20-18-8-9-22-24(25(29)30)23(31-17(3)28)13-15-27(22,5)21(18)12-14-26(19,20)4/h16,18-24H,6-15H2,1-5H3,(H,29,30)/t16-,18+,19-,20+,21+,22-,23-,24?,26-,27-/m1/s1. The Hall–Kier alpha value is -1.06. The first kappa shape index (κ1) is 23.1. The molecule has 4 rings (SSSR count). The van der Waals surface area contributed by atoms with Crippen LogP contribution in [0.15, 0.2) is 0 Å². The van der Waals surface area contributed by atoms with Crippen molar-refractivity contribution in [3.8, 4) is 0 Å². The highest BCUT2D eigenvalue weighted by Gasteiger charge is 2.63. The molecule has 0 radical (unpaired) electrons. The lowest BCUT2D eigenvalue weighted by molar-refractivity contribution is -0.187. The summed E-state index contributed by atoms with van der Waals surface area (Å²) >= 11 is 0. The van der Waals surface area contributed by atoms with E-state index in [1.54, 1.807) is 0 Å². The third-order valence-electron chi connectivity index (χ3n) is 10.9. The van der Waals surface area contributed by atoms with Crippen molar-refractivity contribution in [2.45, 2.75) is 105 Å². The topological polar surface area (TPSA) is 63.6 Å². The lowest BCUT2D eigenvalue weighted by Crippen LogP contribution is -2.58. The first-order valence-electron chi connectivity index (χ1n) is 13.0. The van der Waals surface area contributed by atoms with Crippen LogP contribution in [0.3, 0.4) is 0 Å². The van der Waals surface area contributed by atoms with Crippen LogP contribution in [-0.2, 0) is 14.3 Å². The van der Waals surface area contributed by atoms with E-state index in [0.717, 1.165) is 42.9 Å². The maximum Gasteiger partial charge on any atom is 0.310 e. The monoisotopic (exact) mass is 432 g/mol. The second-order valence-electron chi connectivity index (χ2n) is 12.1. The van der Waals surface area contributed by atoms with E-state index in [2.05, 4.69) is 27.7 Å². The molecule has 1 N–H and O–H groups in total. The molecule has 0 spiro atoms. The lowest BCUT2D eigenvalue weighted by Gasteiger charge is -2.62. The molecule has 0 amide bonds. The molecule has 0 saturated heterocycles. The van der Waals surface area contributed by atoms with Crippen molar-refractivity contribution in [1.82, 2.24) is 0 Å². The molecule has 4 aliphatic rings. The van der Waals surface area contributed by atoms with Gasteiger partial charge in [0.2, 0.25) is 0 Å². The van der Waals surface area contributed by atoms with Crippen LogP contribution in [0.5, 0.6) is 0 Å². The Kier molecular flexibility index (Phi) is 6.24. The molecule has 4 fully saturated rings. The molecule has 0 aromatic rings. The first-order chi connectivity index (χ1) is 14.6. The van der Waals surface area contributed by atoms with Crippen LogP contribution in [0.1, 0.15) is 98.8 Å². The number of ether oxygens (including phenoxy) is 1. The van der Waals surface area contributed by atoms with Crippen molar-refractivity contribution in [2.75, 3.05) is 0 Å². The van der Waals surface area contributed by atoms with Gasteiger partial charge in [0.1, 0.15) is 6.10 Å². The van der Waals surface area contributed by atoms with Crippen LogP contribution in [0, 0.1) is 52.3 Å². The van der Waals surface area contributed by atoms with Gasteiger partial charge in [0.05, 0.1) is 5.92 Å². The Bertz CT molecular complexity index is 703. The smallest absolute Gasteiger partial charge is 0.310 e. The van der Waals surface area contributed by atoms with Gasteiger partial charge in [-0.15, -0.1) is 0 Å². The van der Waals surface area contributed by atoms with Crippen LogP contribution in [0.25, 0.3) is 0 Å². The summed E-state index contributed by atoms with van der Waals surface area (Å²) in [6.45, 7) is 11.2. The summed E-state index contributed by atoms with van der Waals surface area (Å²) in [6.07, 6.45) is 11.3.